The number of benzene rings is 3. The minimum absolute atomic E-state index is 0.0284. The number of amides is 3. The largest absolute Gasteiger partial charge is 0.494 e. The Morgan fingerprint density at radius 2 is 1.61 bits per heavy atom. The average Bonchev–Trinajstić information content (AvgIpc) is 3.10. The van der Waals surface area contributed by atoms with Gasteiger partial charge >= 0.3 is 0 Å². The summed E-state index contributed by atoms with van der Waals surface area (Å²) in [6.45, 7) is 4.19. The number of nitro benzene ring substituents is 1. The van der Waals surface area contributed by atoms with Gasteiger partial charge in [0, 0.05) is 22.8 Å². The van der Waals surface area contributed by atoms with Crippen LogP contribution in [-0.4, -0.2) is 40.2 Å². The van der Waals surface area contributed by atoms with E-state index >= 15 is 0 Å². The quantitative estimate of drug-likeness (QED) is 0.208. The van der Waals surface area contributed by atoms with E-state index in [0.29, 0.717) is 28.6 Å². The number of non-ortho nitro benzene ring substituents is 1. The number of nitro groups is 1. The molecule has 2 atom stereocenters. The average molecular weight is 506 g/mol. The van der Waals surface area contributed by atoms with Crippen LogP contribution in [0.2, 0.25) is 5.02 Å². The van der Waals surface area contributed by atoms with Crippen molar-refractivity contribution in [1.29, 1.82) is 0 Å². The highest BCUT2D eigenvalue weighted by Gasteiger charge is 2.57. The van der Waals surface area contributed by atoms with E-state index in [4.69, 9.17) is 16.3 Å². The van der Waals surface area contributed by atoms with Gasteiger partial charge < -0.3 is 9.64 Å². The number of aryl methyl sites for hydroxylation is 1. The van der Waals surface area contributed by atoms with E-state index in [0.717, 1.165) is 16.5 Å². The first-order valence-corrected chi connectivity index (χ1v) is 11.6. The summed E-state index contributed by atoms with van der Waals surface area (Å²) in [7, 11) is 0. The SMILES string of the molecule is CCOc1ccc(C2C(N3C(=O)c4ccc([N+](=O)[O-])cc4C3=O)C(=O)N2c2ccc(C)c(Cl)c2)cc1. The monoisotopic (exact) mass is 505 g/mol. The summed E-state index contributed by atoms with van der Waals surface area (Å²) in [6.07, 6.45) is 0. The molecule has 0 bridgehead atoms. The van der Waals surface area contributed by atoms with Crippen molar-refractivity contribution in [2.24, 2.45) is 0 Å². The van der Waals surface area contributed by atoms with Crippen LogP contribution in [0.15, 0.2) is 60.7 Å². The first kappa shape index (κ1) is 23.5. The zero-order valence-corrected chi connectivity index (χ0v) is 20.1. The van der Waals surface area contributed by atoms with Gasteiger partial charge in [0.15, 0.2) is 0 Å². The van der Waals surface area contributed by atoms with Crippen molar-refractivity contribution in [3.8, 4) is 5.75 Å². The highest BCUT2D eigenvalue weighted by Crippen LogP contribution is 2.45. The van der Waals surface area contributed by atoms with E-state index < -0.39 is 34.7 Å². The molecule has 182 valence electrons. The van der Waals surface area contributed by atoms with Crippen molar-refractivity contribution in [2.45, 2.75) is 25.9 Å². The lowest BCUT2D eigenvalue weighted by atomic mass is 9.86. The molecule has 2 heterocycles. The Bertz CT molecular complexity index is 1440. The smallest absolute Gasteiger partial charge is 0.270 e. The third-order valence-electron chi connectivity index (χ3n) is 6.42. The molecule has 2 aliphatic heterocycles. The van der Waals surface area contributed by atoms with Crippen LogP contribution in [0.3, 0.4) is 0 Å². The number of anilines is 1. The third kappa shape index (κ3) is 3.59. The summed E-state index contributed by atoms with van der Waals surface area (Å²) in [5.41, 5.74) is 1.67. The van der Waals surface area contributed by atoms with E-state index in [1.807, 2.05) is 13.8 Å². The van der Waals surface area contributed by atoms with Gasteiger partial charge in [-0.2, -0.15) is 0 Å². The van der Waals surface area contributed by atoms with Crippen LogP contribution in [0.4, 0.5) is 11.4 Å². The molecule has 0 aliphatic carbocycles. The van der Waals surface area contributed by atoms with Gasteiger partial charge in [-0.15, -0.1) is 0 Å². The molecular weight excluding hydrogens is 486 g/mol. The van der Waals surface area contributed by atoms with Crippen LogP contribution in [0, 0.1) is 17.0 Å². The molecule has 9 nitrogen and oxygen atoms in total. The fourth-order valence-corrected chi connectivity index (χ4v) is 4.79. The molecular formula is C26H20ClN3O6. The summed E-state index contributed by atoms with van der Waals surface area (Å²) in [5, 5.41) is 11.7. The maximum Gasteiger partial charge on any atom is 0.270 e. The number of nitrogens with zero attached hydrogens (tertiary/aromatic N) is 3. The number of hydrogen-bond acceptors (Lipinski definition) is 6. The Hall–Kier alpha value is -4.24. The number of ether oxygens (including phenoxy) is 1. The maximum atomic E-state index is 13.5. The normalized spacial score (nSPS) is 18.8. The van der Waals surface area contributed by atoms with E-state index in [2.05, 4.69) is 0 Å². The lowest BCUT2D eigenvalue weighted by molar-refractivity contribution is -0.384. The lowest BCUT2D eigenvalue weighted by Gasteiger charge is -2.49. The number of β-lactam (4-membered cyclic amide) rings is 1. The predicted molar refractivity (Wildman–Crippen MR) is 131 cm³/mol. The molecule has 2 unspecified atom stereocenters. The van der Waals surface area contributed by atoms with Crippen molar-refractivity contribution < 1.29 is 24.0 Å². The topological polar surface area (TPSA) is 110 Å². The molecule has 3 aromatic carbocycles. The van der Waals surface area contributed by atoms with Gasteiger partial charge in [0.1, 0.15) is 11.8 Å². The summed E-state index contributed by atoms with van der Waals surface area (Å²) in [4.78, 5) is 53.0. The second-order valence-corrected chi connectivity index (χ2v) is 8.91. The Morgan fingerprint density at radius 3 is 2.25 bits per heavy atom. The first-order chi connectivity index (χ1) is 17.2. The van der Waals surface area contributed by atoms with E-state index in [-0.39, 0.29) is 16.8 Å². The molecule has 0 aromatic heterocycles. The molecule has 5 rings (SSSR count). The Balaban J connectivity index is 1.57. The van der Waals surface area contributed by atoms with Gasteiger partial charge in [-0.1, -0.05) is 29.8 Å². The molecule has 1 saturated heterocycles. The van der Waals surface area contributed by atoms with Crippen molar-refractivity contribution in [3.63, 3.8) is 0 Å². The first-order valence-electron chi connectivity index (χ1n) is 11.2. The number of rotatable bonds is 6. The van der Waals surface area contributed by atoms with Crippen LogP contribution in [-0.2, 0) is 4.79 Å². The maximum absolute atomic E-state index is 13.5. The van der Waals surface area contributed by atoms with E-state index in [1.165, 1.54) is 17.0 Å². The molecule has 0 spiro atoms. The second-order valence-electron chi connectivity index (χ2n) is 8.50. The molecule has 1 fully saturated rings. The Morgan fingerprint density at radius 1 is 0.917 bits per heavy atom. The molecule has 2 aliphatic rings. The standard InChI is InChI=1S/C26H20ClN3O6/c1-3-36-18-9-5-15(6-10-18)22-23(26(33)28(22)16-7-4-14(2)21(27)13-16)29-24(31)19-11-8-17(30(34)35)12-20(19)25(29)32/h4-13,22-23H,3H2,1-2H3. The highest BCUT2D eigenvalue weighted by atomic mass is 35.5. The van der Waals surface area contributed by atoms with Crippen LogP contribution in [0.5, 0.6) is 5.75 Å². The van der Waals surface area contributed by atoms with Crippen LogP contribution < -0.4 is 9.64 Å². The zero-order valence-electron chi connectivity index (χ0n) is 19.3. The fourth-order valence-electron chi connectivity index (χ4n) is 4.62. The van der Waals surface area contributed by atoms with Crippen molar-refractivity contribution in [3.05, 3.63) is 98.1 Å². The summed E-state index contributed by atoms with van der Waals surface area (Å²) in [5.74, 6) is -1.23. The highest BCUT2D eigenvalue weighted by molar-refractivity contribution is 6.32. The Labute approximate surface area is 211 Å². The van der Waals surface area contributed by atoms with Crippen molar-refractivity contribution in [1.82, 2.24) is 4.90 Å². The van der Waals surface area contributed by atoms with Gasteiger partial charge in [-0.05, 0) is 55.3 Å². The number of carbonyl (C=O) groups is 3. The number of carbonyl (C=O) groups excluding carboxylic acids is 3. The van der Waals surface area contributed by atoms with Gasteiger partial charge in [-0.25, -0.2) is 0 Å². The van der Waals surface area contributed by atoms with Crippen LogP contribution in [0.1, 0.15) is 44.8 Å². The Kier molecular flexibility index (Phi) is 5.72. The molecule has 36 heavy (non-hydrogen) atoms. The van der Waals surface area contributed by atoms with Crippen molar-refractivity contribution in [2.75, 3.05) is 11.5 Å². The minimum Gasteiger partial charge on any atom is -0.494 e. The van der Waals surface area contributed by atoms with E-state index in [1.54, 1.807) is 42.5 Å². The molecule has 3 aromatic rings. The number of halogens is 1. The number of fused-ring (bicyclic) bond motifs is 1. The second kappa shape index (κ2) is 8.76. The molecule has 3 amide bonds. The summed E-state index contributed by atoms with van der Waals surface area (Å²) in [6, 6.07) is 13.9. The summed E-state index contributed by atoms with van der Waals surface area (Å²) < 4.78 is 5.52. The van der Waals surface area contributed by atoms with Gasteiger partial charge in [0.05, 0.1) is 28.7 Å². The van der Waals surface area contributed by atoms with Gasteiger partial charge in [0.25, 0.3) is 23.4 Å². The molecule has 0 N–H and O–H groups in total. The third-order valence-corrected chi connectivity index (χ3v) is 6.83. The molecule has 10 heteroatoms. The number of imide groups is 1. The summed E-state index contributed by atoms with van der Waals surface area (Å²) >= 11 is 6.32. The zero-order chi connectivity index (χ0) is 25.7. The number of hydrogen-bond donors (Lipinski definition) is 0. The predicted octanol–water partition coefficient (Wildman–Crippen LogP) is 4.71. The van der Waals surface area contributed by atoms with Crippen LogP contribution >= 0.6 is 11.6 Å². The fraction of sp³-hybridized carbons (Fsp3) is 0.192. The van der Waals surface area contributed by atoms with Gasteiger partial charge in [0.2, 0.25) is 0 Å². The molecule has 0 radical (unpaired) electrons. The van der Waals surface area contributed by atoms with Crippen LogP contribution in [0.25, 0.3) is 0 Å². The van der Waals surface area contributed by atoms with Crippen molar-refractivity contribution >= 4 is 40.7 Å². The lowest BCUT2D eigenvalue weighted by Crippen LogP contribution is -2.67. The van der Waals surface area contributed by atoms with Gasteiger partial charge in [-0.3, -0.25) is 29.4 Å². The minimum atomic E-state index is -1.13. The molecule has 0 saturated carbocycles. The van der Waals surface area contributed by atoms with E-state index in [9.17, 15) is 24.5 Å².